The Morgan fingerprint density at radius 1 is 1.25 bits per heavy atom. The number of ether oxygens (including phenoxy) is 1. The normalized spacial score (nSPS) is 10.7. The molecule has 4 heteroatoms. The largest absolute Gasteiger partial charge is 0.377 e. The van der Waals surface area contributed by atoms with Gasteiger partial charge in [-0.3, -0.25) is 0 Å². The third-order valence-electron chi connectivity index (χ3n) is 2.30. The van der Waals surface area contributed by atoms with Gasteiger partial charge in [0, 0.05) is 17.2 Å². The highest BCUT2D eigenvalue weighted by atomic mass is 35.5. The second-order valence-corrected chi connectivity index (χ2v) is 4.01. The summed E-state index contributed by atoms with van der Waals surface area (Å²) in [5.74, 6) is -0.311. The summed E-state index contributed by atoms with van der Waals surface area (Å²) in [4.78, 5) is 0. The second kappa shape index (κ2) is 7.60. The molecule has 0 aromatic heterocycles. The van der Waals surface area contributed by atoms with Crippen LogP contribution in [0, 0.1) is 5.82 Å². The highest BCUT2D eigenvalue weighted by Gasteiger charge is 2.06. The number of rotatable bonds is 7. The number of hydrogen-bond donors (Lipinski definition) is 1. The summed E-state index contributed by atoms with van der Waals surface area (Å²) in [6, 6.07) is 4.64. The van der Waals surface area contributed by atoms with Crippen molar-refractivity contribution in [2.45, 2.75) is 25.9 Å². The van der Waals surface area contributed by atoms with Crippen molar-refractivity contribution in [2.24, 2.45) is 5.73 Å². The van der Waals surface area contributed by atoms with E-state index in [-0.39, 0.29) is 12.4 Å². The van der Waals surface area contributed by atoms with E-state index in [2.05, 4.69) is 0 Å². The van der Waals surface area contributed by atoms with Crippen molar-refractivity contribution in [2.75, 3.05) is 13.2 Å². The predicted molar refractivity (Wildman–Crippen MR) is 64.0 cm³/mol. The lowest BCUT2D eigenvalue weighted by Gasteiger charge is -2.07. The molecular weight excluding hydrogens is 229 g/mol. The minimum Gasteiger partial charge on any atom is -0.377 e. The molecule has 0 unspecified atom stereocenters. The highest BCUT2D eigenvalue weighted by molar-refractivity contribution is 6.31. The molecule has 0 aliphatic rings. The molecule has 0 spiro atoms. The average molecular weight is 246 g/mol. The van der Waals surface area contributed by atoms with Gasteiger partial charge in [-0.1, -0.05) is 17.7 Å². The molecule has 0 bridgehead atoms. The SMILES string of the molecule is NCCCCCOCc1c(F)cccc1Cl. The number of nitrogens with two attached hydrogens (primary N) is 1. The molecule has 0 saturated carbocycles. The molecule has 0 radical (unpaired) electrons. The van der Waals surface area contributed by atoms with Gasteiger partial charge in [0.25, 0.3) is 0 Å². The topological polar surface area (TPSA) is 35.2 Å². The minimum atomic E-state index is -0.311. The van der Waals surface area contributed by atoms with Crippen molar-refractivity contribution in [1.29, 1.82) is 0 Å². The van der Waals surface area contributed by atoms with Crippen molar-refractivity contribution in [3.8, 4) is 0 Å². The van der Waals surface area contributed by atoms with Crippen molar-refractivity contribution >= 4 is 11.6 Å². The van der Waals surface area contributed by atoms with E-state index in [1.165, 1.54) is 6.07 Å². The first-order chi connectivity index (χ1) is 7.75. The van der Waals surface area contributed by atoms with E-state index in [1.54, 1.807) is 12.1 Å². The maximum Gasteiger partial charge on any atom is 0.130 e. The summed E-state index contributed by atoms with van der Waals surface area (Å²) in [5.41, 5.74) is 5.80. The van der Waals surface area contributed by atoms with Crippen LogP contribution < -0.4 is 5.73 Å². The van der Waals surface area contributed by atoms with Crippen LogP contribution in [0.2, 0.25) is 5.02 Å². The fourth-order valence-electron chi connectivity index (χ4n) is 1.37. The molecule has 0 heterocycles. The molecule has 16 heavy (non-hydrogen) atoms. The Morgan fingerprint density at radius 2 is 2.06 bits per heavy atom. The Morgan fingerprint density at radius 3 is 2.75 bits per heavy atom. The fraction of sp³-hybridized carbons (Fsp3) is 0.500. The molecular formula is C12H17ClFNO. The smallest absolute Gasteiger partial charge is 0.130 e. The Balaban J connectivity index is 2.26. The van der Waals surface area contributed by atoms with Gasteiger partial charge in [-0.15, -0.1) is 0 Å². The van der Waals surface area contributed by atoms with Crippen LogP contribution in [0.5, 0.6) is 0 Å². The van der Waals surface area contributed by atoms with E-state index in [9.17, 15) is 4.39 Å². The molecule has 0 aliphatic heterocycles. The molecule has 2 N–H and O–H groups in total. The van der Waals surface area contributed by atoms with Gasteiger partial charge in [-0.05, 0) is 37.9 Å². The molecule has 0 fully saturated rings. The van der Waals surface area contributed by atoms with E-state index >= 15 is 0 Å². The van der Waals surface area contributed by atoms with Crippen LogP contribution in [0.4, 0.5) is 4.39 Å². The van der Waals surface area contributed by atoms with Crippen LogP contribution >= 0.6 is 11.6 Å². The van der Waals surface area contributed by atoms with Crippen LogP contribution in [0.15, 0.2) is 18.2 Å². The van der Waals surface area contributed by atoms with Gasteiger partial charge in [0.1, 0.15) is 5.82 Å². The third-order valence-corrected chi connectivity index (χ3v) is 2.65. The second-order valence-electron chi connectivity index (χ2n) is 3.60. The fourth-order valence-corrected chi connectivity index (χ4v) is 1.59. The van der Waals surface area contributed by atoms with Crippen LogP contribution in [0.3, 0.4) is 0 Å². The quantitative estimate of drug-likeness (QED) is 0.749. The van der Waals surface area contributed by atoms with Crippen LogP contribution in [0.25, 0.3) is 0 Å². The summed E-state index contributed by atoms with van der Waals surface area (Å²) in [6.45, 7) is 1.55. The minimum absolute atomic E-state index is 0.230. The Kier molecular flexibility index (Phi) is 6.38. The summed E-state index contributed by atoms with van der Waals surface area (Å²) in [6.07, 6.45) is 2.99. The van der Waals surface area contributed by atoms with Gasteiger partial charge in [0.15, 0.2) is 0 Å². The number of halogens is 2. The van der Waals surface area contributed by atoms with E-state index < -0.39 is 0 Å². The van der Waals surface area contributed by atoms with Gasteiger partial charge in [-0.2, -0.15) is 0 Å². The molecule has 0 saturated heterocycles. The van der Waals surface area contributed by atoms with Crippen LogP contribution in [-0.4, -0.2) is 13.2 Å². The zero-order valence-electron chi connectivity index (χ0n) is 9.22. The molecule has 0 aliphatic carbocycles. The lowest BCUT2D eigenvalue weighted by atomic mass is 10.2. The third kappa shape index (κ3) is 4.47. The zero-order valence-corrected chi connectivity index (χ0v) is 9.97. The first-order valence-electron chi connectivity index (χ1n) is 5.46. The number of benzene rings is 1. The Bertz CT molecular complexity index is 300. The molecule has 1 rings (SSSR count). The summed E-state index contributed by atoms with van der Waals surface area (Å²) < 4.78 is 18.7. The average Bonchev–Trinajstić information content (AvgIpc) is 2.26. The number of hydrogen-bond acceptors (Lipinski definition) is 2. The Labute approximate surface area is 101 Å². The highest BCUT2D eigenvalue weighted by Crippen LogP contribution is 2.19. The first-order valence-corrected chi connectivity index (χ1v) is 5.84. The van der Waals surface area contributed by atoms with Crippen molar-refractivity contribution in [3.05, 3.63) is 34.6 Å². The molecule has 1 aromatic rings. The molecule has 0 atom stereocenters. The number of unbranched alkanes of at least 4 members (excludes halogenated alkanes) is 2. The molecule has 0 amide bonds. The maximum absolute atomic E-state index is 13.3. The lowest BCUT2D eigenvalue weighted by Crippen LogP contribution is -2.01. The van der Waals surface area contributed by atoms with Crippen LogP contribution in [0.1, 0.15) is 24.8 Å². The lowest BCUT2D eigenvalue weighted by molar-refractivity contribution is 0.114. The molecule has 90 valence electrons. The maximum atomic E-state index is 13.3. The predicted octanol–water partition coefficient (Wildman–Crippen LogP) is 3.12. The molecule has 2 nitrogen and oxygen atoms in total. The van der Waals surface area contributed by atoms with E-state index in [0.717, 1.165) is 19.3 Å². The summed E-state index contributed by atoms with van der Waals surface area (Å²) >= 11 is 5.86. The van der Waals surface area contributed by atoms with Gasteiger partial charge < -0.3 is 10.5 Å². The van der Waals surface area contributed by atoms with Crippen molar-refractivity contribution in [3.63, 3.8) is 0 Å². The van der Waals surface area contributed by atoms with Crippen molar-refractivity contribution < 1.29 is 9.13 Å². The first kappa shape index (κ1) is 13.4. The van der Waals surface area contributed by atoms with Gasteiger partial charge >= 0.3 is 0 Å². The van der Waals surface area contributed by atoms with E-state index in [4.69, 9.17) is 22.1 Å². The summed E-state index contributed by atoms with van der Waals surface area (Å²) in [5, 5.41) is 0.418. The summed E-state index contributed by atoms with van der Waals surface area (Å²) in [7, 11) is 0. The van der Waals surface area contributed by atoms with E-state index in [1.807, 2.05) is 0 Å². The van der Waals surface area contributed by atoms with E-state index in [0.29, 0.717) is 23.7 Å². The van der Waals surface area contributed by atoms with Crippen LogP contribution in [-0.2, 0) is 11.3 Å². The van der Waals surface area contributed by atoms with Gasteiger partial charge in [0.05, 0.1) is 6.61 Å². The van der Waals surface area contributed by atoms with Crippen molar-refractivity contribution in [1.82, 2.24) is 0 Å². The Hall–Kier alpha value is -0.640. The zero-order chi connectivity index (χ0) is 11.8. The standard InChI is InChI=1S/C12H17ClFNO/c13-11-5-4-6-12(14)10(11)9-16-8-3-1-2-7-15/h4-6H,1-3,7-9,15H2. The van der Waals surface area contributed by atoms with Gasteiger partial charge in [0.2, 0.25) is 0 Å². The molecule has 1 aromatic carbocycles. The van der Waals surface area contributed by atoms with Gasteiger partial charge in [-0.25, -0.2) is 4.39 Å². The monoisotopic (exact) mass is 245 g/mol.